The van der Waals surface area contributed by atoms with Crippen molar-refractivity contribution in [2.24, 2.45) is 11.8 Å². The van der Waals surface area contributed by atoms with E-state index in [2.05, 4.69) is 10.6 Å². The molecule has 2 fully saturated rings. The van der Waals surface area contributed by atoms with E-state index in [0.717, 1.165) is 25.9 Å². The predicted octanol–water partition coefficient (Wildman–Crippen LogP) is 2.91. The van der Waals surface area contributed by atoms with Crippen molar-refractivity contribution in [3.63, 3.8) is 0 Å². The summed E-state index contributed by atoms with van der Waals surface area (Å²) in [5.74, 6) is -0.322. The number of ether oxygens (including phenoxy) is 1. The molecular weight excluding hydrogens is 308 g/mol. The quantitative estimate of drug-likeness (QED) is 0.634. The molecule has 0 spiro atoms. The Bertz CT molecular complexity index is 402. The summed E-state index contributed by atoms with van der Waals surface area (Å²) in [6, 6.07) is -0.0476. The van der Waals surface area contributed by atoms with Gasteiger partial charge in [-0.15, -0.1) is 0 Å². The molecule has 138 valence electrons. The monoisotopic (exact) mass is 340 g/mol. The van der Waals surface area contributed by atoms with Gasteiger partial charge in [0.2, 0.25) is 0 Å². The second-order valence-corrected chi connectivity index (χ2v) is 7.11. The van der Waals surface area contributed by atoms with E-state index in [1.54, 1.807) is 0 Å². The molecule has 6 heteroatoms. The fraction of sp³-hybridized carbons (Fsp3) is 0.889. The Kier molecular flexibility index (Phi) is 7.82. The first-order valence-corrected chi connectivity index (χ1v) is 9.49. The number of amides is 2. The van der Waals surface area contributed by atoms with Gasteiger partial charge in [-0.2, -0.15) is 0 Å². The van der Waals surface area contributed by atoms with E-state index < -0.39 is 5.97 Å². The summed E-state index contributed by atoms with van der Waals surface area (Å²) in [6.45, 7) is 3.37. The largest absolute Gasteiger partial charge is 0.481 e. The molecule has 3 N–H and O–H groups in total. The number of hydrogen-bond donors (Lipinski definition) is 3. The molecule has 1 atom stereocenters. The highest BCUT2D eigenvalue weighted by molar-refractivity contribution is 5.74. The third-order valence-corrected chi connectivity index (χ3v) is 5.43. The number of carbonyl (C=O) groups is 2. The molecule has 0 heterocycles. The molecule has 2 rings (SSSR count). The van der Waals surface area contributed by atoms with Crippen molar-refractivity contribution in [1.82, 2.24) is 10.6 Å². The van der Waals surface area contributed by atoms with Crippen LogP contribution < -0.4 is 10.6 Å². The molecule has 0 saturated heterocycles. The molecule has 6 nitrogen and oxygen atoms in total. The van der Waals surface area contributed by atoms with Crippen LogP contribution in [0.25, 0.3) is 0 Å². The molecular formula is C18H32N2O4. The second kappa shape index (κ2) is 9.87. The lowest BCUT2D eigenvalue weighted by molar-refractivity contribution is -0.142. The predicted molar refractivity (Wildman–Crippen MR) is 91.9 cm³/mol. The minimum atomic E-state index is -0.716. The van der Waals surface area contributed by atoms with Gasteiger partial charge in [0.1, 0.15) is 0 Å². The third-order valence-electron chi connectivity index (χ3n) is 5.43. The molecule has 2 aliphatic carbocycles. The first-order chi connectivity index (χ1) is 11.6. The summed E-state index contributed by atoms with van der Waals surface area (Å²) >= 11 is 0. The van der Waals surface area contributed by atoms with Gasteiger partial charge in [-0.1, -0.05) is 12.8 Å². The summed E-state index contributed by atoms with van der Waals surface area (Å²) in [7, 11) is 0. The van der Waals surface area contributed by atoms with Gasteiger partial charge in [-0.25, -0.2) is 4.79 Å². The molecule has 24 heavy (non-hydrogen) atoms. The average molecular weight is 340 g/mol. The summed E-state index contributed by atoms with van der Waals surface area (Å²) in [6.07, 6.45) is 8.96. The van der Waals surface area contributed by atoms with E-state index >= 15 is 0 Å². The Morgan fingerprint density at radius 1 is 1.12 bits per heavy atom. The molecule has 0 aromatic carbocycles. The van der Waals surface area contributed by atoms with E-state index in [9.17, 15) is 9.59 Å². The molecule has 0 aromatic heterocycles. The van der Waals surface area contributed by atoms with E-state index in [1.165, 1.54) is 25.7 Å². The van der Waals surface area contributed by atoms with E-state index in [1.807, 2.05) is 6.92 Å². The van der Waals surface area contributed by atoms with Crippen molar-refractivity contribution in [2.75, 3.05) is 13.2 Å². The van der Waals surface area contributed by atoms with E-state index in [4.69, 9.17) is 9.84 Å². The van der Waals surface area contributed by atoms with Gasteiger partial charge in [0.05, 0.1) is 12.0 Å². The van der Waals surface area contributed by atoms with Crippen LogP contribution >= 0.6 is 0 Å². The molecule has 0 bridgehead atoms. The highest BCUT2D eigenvalue weighted by Gasteiger charge is 2.27. The first kappa shape index (κ1) is 19.0. The van der Waals surface area contributed by atoms with Gasteiger partial charge in [0, 0.05) is 19.2 Å². The zero-order valence-corrected chi connectivity index (χ0v) is 14.8. The van der Waals surface area contributed by atoms with Crippen molar-refractivity contribution in [2.45, 2.75) is 76.9 Å². The Hall–Kier alpha value is -1.30. The Labute approximate surface area is 144 Å². The van der Waals surface area contributed by atoms with Crippen LogP contribution in [0, 0.1) is 11.8 Å². The number of urea groups is 1. The zero-order chi connectivity index (χ0) is 17.4. The van der Waals surface area contributed by atoms with Crippen molar-refractivity contribution >= 4 is 12.0 Å². The lowest BCUT2D eigenvalue weighted by atomic mass is 9.86. The number of rotatable bonds is 8. The fourth-order valence-corrected chi connectivity index (χ4v) is 4.05. The second-order valence-electron chi connectivity index (χ2n) is 7.11. The maximum Gasteiger partial charge on any atom is 0.315 e. The first-order valence-electron chi connectivity index (χ1n) is 9.49. The number of carboxylic acid groups (broad SMARTS) is 1. The number of carbonyl (C=O) groups excluding carboxylic acids is 1. The molecule has 2 aliphatic rings. The van der Waals surface area contributed by atoms with Gasteiger partial charge < -0.3 is 20.5 Å². The smallest absolute Gasteiger partial charge is 0.315 e. The van der Waals surface area contributed by atoms with Crippen LogP contribution in [0.1, 0.15) is 64.7 Å². The Morgan fingerprint density at radius 2 is 1.79 bits per heavy atom. The van der Waals surface area contributed by atoms with E-state index in [0.29, 0.717) is 25.3 Å². The van der Waals surface area contributed by atoms with Gasteiger partial charge in [0.25, 0.3) is 0 Å². The average Bonchev–Trinajstić information content (AvgIpc) is 3.09. The highest BCUT2D eigenvalue weighted by atomic mass is 16.5. The topological polar surface area (TPSA) is 87.7 Å². The third kappa shape index (κ3) is 5.96. The van der Waals surface area contributed by atoms with Gasteiger partial charge >= 0.3 is 12.0 Å². The minimum Gasteiger partial charge on any atom is -0.481 e. The molecule has 0 aliphatic heterocycles. The lowest BCUT2D eigenvalue weighted by Gasteiger charge is -2.27. The van der Waals surface area contributed by atoms with Crippen LogP contribution in [-0.4, -0.2) is 42.4 Å². The van der Waals surface area contributed by atoms with Crippen LogP contribution in [0.2, 0.25) is 0 Å². The molecule has 1 unspecified atom stereocenters. The zero-order valence-electron chi connectivity index (χ0n) is 14.8. The van der Waals surface area contributed by atoms with Crippen molar-refractivity contribution in [3.05, 3.63) is 0 Å². The SMILES string of the molecule is CCOC(CCNC(=O)NC1CCC(C(=O)O)CC1)C1CCCC1. The van der Waals surface area contributed by atoms with Crippen LogP contribution in [0.15, 0.2) is 0 Å². The van der Waals surface area contributed by atoms with Crippen LogP contribution in [0.4, 0.5) is 4.79 Å². The number of hydrogen-bond acceptors (Lipinski definition) is 3. The number of carboxylic acids is 1. The number of aliphatic carboxylic acids is 1. The molecule has 2 saturated carbocycles. The Balaban J connectivity index is 1.63. The summed E-state index contributed by atoms with van der Waals surface area (Å²) in [5.41, 5.74) is 0. The lowest BCUT2D eigenvalue weighted by Crippen LogP contribution is -2.45. The standard InChI is InChI=1S/C18H32N2O4/c1-2-24-16(13-5-3-4-6-13)11-12-19-18(23)20-15-9-7-14(8-10-15)17(21)22/h13-16H,2-12H2,1H3,(H,21,22)(H2,19,20,23). The maximum atomic E-state index is 12.0. The minimum absolute atomic E-state index is 0.0955. The van der Waals surface area contributed by atoms with Gasteiger partial charge in [-0.3, -0.25) is 4.79 Å². The normalized spacial score (nSPS) is 26.0. The van der Waals surface area contributed by atoms with Gasteiger partial charge in [-0.05, 0) is 57.8 Å². The maximum absolute atomic E-state index is 12.0. The fourth-order valence-electron chi connectivity index (χ4n) is 4.05. The van der Waals surface area contributed by atoms with Crippen LogP contribution in [-0.2, 0) is 9.53 Å². The van der Waals surface area contributed by atoms with E-state index in [-0.39, 0.29) is 24.1 Å². The number of nitrogens with one attached hydrogen (secondary N) is 2. The molecule has 2 amide bonds. The summed E-state index contributed by atoms with van der Waals surface area (Å²) in [5, 5.41) is 14.9. The van der Waals surface area contributed by atoms with Crippen molar-refractivity contribution in [1.29, 1.82) is 0 Å². The van der Waals surface area contributed by atoms with Crippen molar-refractivity contribution < 1.29 is 19.4 Å². The highest BCUT2D eigenvalue weighted by Crippen LogP contribution is 2.30. The molecule has 0 aromatic rings. The summed E-state index contributed by atoms with van der Waals surface area (Å²) in [4.78, 5) is 22.9. The van der Waals surface area contributed by atoms with Crippen molar-refractivity contribution in [3.8, 4) is 0 Å². The van der Waals surface area contributed by atoms with Gasteiger partial charge in [0.15, 0.2) is 0 Å². The van der Waals surface area contributed by atoms with Crippen LogP contribution in [0.5, 0.6) is 0 Å². The molecule has 0 radical (unpaired) electrons. The summed E-state index contributed by atoms with van der Waals surface area (Å²) < 4.78 is 5.86. The van der Waals surface area contributed by atoms with Crippen LogP contribution in [0.3, 0.4) is 0 Å². The Morgan fingerprint density at radius 3 is 2.38 bits per heavy atom.